The van der Waals surface area contributed by atoms with Crippen molar-refractivity contribution in [3.8, 4) is 5.75 Å². The van der Waals surface area contributed by atoms with E-state index in [2.05, 4.69) is 5.32 Å². The van der Waals surface area contributed by atoms with E-state index in [1.54, 1.807) is 43.3 Å². The third kappa shape index (κ3) is 4.59. The second-order valence-corrected chi connectivity index (χ2v) is 7.62. The van der Waals surface area contributed by atoms with E-state index in [1.165, 1.54) is 0 Å². The first-order chi connectivity index (χ1) is 13.4. The van der Waals surface area contributed by atoms with Crippen LogP contribution in [0.1, 0.15) is 35.7 Å². The highest BCUT2D eigenvalue weighted by atomic mass is 35.5. The Hall–Kier alpha value is -2.24. The highest BCUT2D eigenvalue weighted by Crippen LogP contribution is 2.27. The van der Waals surface area contributed by atoms with Crippen molar-refractivity contribution >= 4 is 40.7 Å². The molecule has 1 saturated heterocycles. The summed E-state index contributed by atoms with van der Waals surface area (Å²) < 4.78 is 5.65. The number of hydrogen-bond acceptors (Lipinski definition) is 3. The van der Waals surface area contributed by atoms with Crippen LogP contribution in [-0.4, -0.2) is 35.9 Å². The summed E-state index contributed by atoms with van der Waals surface area (Å²) in [5, 5.41) is 3.62. The fourth-order valence-corrected chi connectivity index (χ4v) is 3.42. The summed E-state index contributed by atoms with van der Waals surface area (Å²) in [6, 6.07) is 10.2. The Labute approximate surface area is 174 Å². The topological polar surface area (TPSA) is 58.6 Å². The molecule has 1 aliphatic heterocycles. The fraction of sp³-hybridized carbons (Fsp3) is 0.333. The van der Waals surface area contributed by atoms with Crippen molar-refractivity contribution in [2.24, 2.45) is 0 Å². The summed E-state index contributed by atoms with van der Waals surface area (Å²) >= 11 is 11.9. The molecule has 3 rings (SSSR count). The molecule has 0 aromatic heterocycles. The molecule has 1 unspecified atom stereocenters. The number of nitrogens with zero attached hydrogens (tertiary/aromatic N) is 1. The maximum absolute atomic E-state index is 12.7. The summed E-state index contributed by atoms with van der Waals surface area (Å²) in [5.74, 6) is 0.137. The number of likely N-dealkylation sites (tertiary alicyclic amines) is 1. The number of ether oxygens (including phenoxy) is 1. The van der Waals surface area contributed by atoms with Gasteiger partial charge in [0.2, 0.25) is 0 Å². The van der Waals surface area contributed by atoms with Gasteiger partial charge in [0.05, 0.1) is 10.0 Å². The van der Waals surface area contributed by atoms with Crippen molar-refractivity contribution in [1.82, 2.24) is 4.90 Å². The Bertz CT molecular complexity index is 895. The largest absolute Gasteiger partial charge is 0.481 e. The van der Waals surface area contributed by atoms with Gasteiger partial charge in [0.25, 0.3) is 11.8 Å². The van der Waals surface area contributed by atoms with E-state index in [1.807, 2.05) is 11.8 Å². The van der Waals surface area contributed by atoms with E-state index in [-0.39, 0.29) is 11.8 Å². The van der Waals surface area contributed by atoms with E-state index in [0.717, 1.165) is 31.5 Å². The molecule has 0 bridgehead atoms. The average Bonchev–Trinajstić information content (AvgIpc) is 3.20. The van der Waals surface area contributed by atoms with Gasteiger partial charge >= 0.3 is 0 Å². The van der Waals surface area contributed by atoms with Gasteiger partial charge in [-0.05, 0) is 56.5 Å². The van der Waals surface area contributed by atoms with Gasteiger partial charge in [-0.15, -0.1) is 0 Å². The molecular formula is C21H22Cl2N2O3. The number of nitrogens with one attached hydrogen (secondary N) is 1. The minimum absolute atomic E-state index is 0.00574. The van der Waals surface area contributed by atoms with Gasteiger partial charge in [-0.25, -0.2) is 0 Å². The highest BCUT2D eigenvalue weighted by Gasteiger charge is 2.23. The van der Waals surface area contributed by atoms with E-state index < -0.39 is 6.10 Å². The zero-order valence-corrected chi connectivity index (χ0v) is 17.3. The Balaban J connectivity index is 1.70. The predicted octanol–water partition coefficient (Wildman–Crippen LogP) is 4.94. The van der Waals surface area contributed by atoms with Crippen molar-refractivity contribution in [3.63, 3.8) is 0 Å². The van der Waals surface area contributed by atoms with Gasteiger partial charge in [0.15, 0.2) is 6.10 Å². The predicted molar refractivity (Wildman–Crippen MR) is 111 cm³/mol. The molecule has 148 valence electrons. The monoisotopic (exact) mass is 420 g/mol. The molecule has 2 aromatic carbocycles. The van der Waals surface area contributed by atoms with Crippen LogP contribution in [0.2, 0.25) is 10.0 Å². The molecule has 1 atom stereocenters. The van der Waals surface area contributed by atoms with Crippen LogP contribution in [0.3, 0.4) is 0 Å². The van der Waals surface area contributed by atoms with Crippen LogP contribution in [0.4, 0.5) is 5.69 Å². The van der Waals surface area contributed by atoms with E-state index in [0.29, 0.717) is 27.0 Å². The van der Waals surface area contributed by atoms with Gasteiger partial charge in [0, 0.05) is 30.4 Å². The third-order valence-corrected chi connectivity index (χ3v) is 5.53. The summed E-state index contributed by atoms with van der Waals surface area (Å²) in [6.07, 6.45) is 1.31. The van der Waals surface area contributed by atoms with Crippen molar-refractivity contribution in [2.45, 2.75) is 32.8 Å². The Kier molecular flexibility index (Phi) is 6.47. The number of carbonyl (C=O) groups excluding carboxylic acids is 2. The van der Waals surface area contributed by atoms with Gasteiger partial charge in [-0.1, -0.05) is 29.3 Å². The molecule has 2 amide bonds. The fourth-order valence-electron chi connectivity index (χ4n) is 3.14. The first-order valence-electron chi connectivity index (χ1n) is 9.18. The second-order valence-electron chi connectivity index (χ2n) is 6.80. The molecule has 1 aliphatic rings. The molecule has 0 aliphatic carbocycles. The molecule has 0 saturated carbocycles. The summed E-state index contributed by atoms with van der Waals surface area (Å²) in [5.41, 5.74) is 1.95. The van der Waals surface area contributed by atoms with E-state index in [9.17, 15) is 9.59 Å². The third-order valence-electron chi connectivity index (χ3n) is 4.79. The lowest BCUT2D eigenvalue weighted by molar-refractivity contribution is -0.122. The number of anilines is 1. The minimum atomic E-state index is -0.755. The minimum Gasteiger partial charge on any atom is -0.481 e. The normalized spacial score (nSPS) is 14.6. The lowest BCUT2D eigenvalue weighted by Crippen LogP contribution is -2.31. The quantitative estimate of drug-likeness (QED) is 0.744. The van der Waals surface area contributed by atoms with Crippen molar-refractivity contribution in [3.05, 3.63) is 57.6 Å². The van der Waals surface area contributed by atoms with Crippen LogP contribution in [0.25, 0.3) is 0 Å². The molecule has 28 heavy (non-hydrogen) atoms. The lowest BCUT2D eigenvalue weighted by atomic mass is 10.1. The first-order valence-corrected chi connectivity index (χ1v) is 9.94. The SMILES string of the molecule is Cc1c(NC(=O)C(C)Oc2ccc(Cl)c(Cl)c2)cccc1C(=O)N1CCCC1. The van der Waals surface area contributed by atoms with Crippen molar-refractivity contribution in [2.75, 3.05) is 18.4 Å². The summed E-state index contributed by atoms with van der Waals surface area (Å²) in [7, 11) is 0. The van der Waals surface area contributed by atoms with Crippen LogP contribution in [0, 0.1) is 6.92 Å². The second kappa shape index (κ2) is 8.84. The molecule has 1 heterocycles. The van der Waals surface area contributed by atoms with Crippen LogP contribution < -0.4 is 10.1 Å². The van der Waals surface area contributed by atoms with Crippen molar-refractivity contribution in [1.29, 1.82) is 0 Å². The Morgan fingerprint density at radius 3 is 2.50 bits per heavy atom. The zero-order chi connectivity index (χ0) is 20.3. The highest BCUT2D eigenvalue weighted by molar-refractivity contribution is 6.42. The number of rotatable bonds is 5. The zero-order valence-electron chi connectivity index (χ0n) is 15.8. The number of halogens is 2. The maximum Gasteiger partial charge on any atom is 0.265 e. The average molecular weight is 421 g/mol. The Morgan fingerprint density at radius 2 is 1.82 bits per heavy atom. The van der Waals surface area contributed by atoms with Crippen LogP contribution in [0.15, 0.2) is 36.4 Å². The first kappa shape index (κ1) is 20.5. The smallest absolute Gasteiger partial charge is 0.265 e. The standard InChI is InChI=1S/C21H22Cl2N2O3/c1-13-16(21(27)25-10-3-4-11-25)6-5-7-19(13)24-20(26)14(2)28-15-8-9-17(22)18(23)12-15/h5-9,12,14H,3-4,10-11H2,1-2H3,(H,24,26). The molecule has 0 radical (unpaired) electrons. The lowest BCUT2D eigenvalue weighted by Gasteiger charge is -2.19. The summed E-state index contributed by atoms with van der Waals surface area (Å²) in [6.45, 7) is 5.04. The van der Waals surface area contributed by atoms with E-state index in [4.69, 9.17) is 27.9 Å². The molecule has 0 spiro atoms. The number of carbonyl (C=O) groups is 2. The number of amides is 2. The van der Waals surface area contributed by atoms with Crippen molar-refractivity contribution < 1.29 is 14.3 Å². The summed E-state index contributed by atoms with van der Waals surface area (Å²) in [4.78, 5) is 27.1. The van der Waals surface area contributed by atoms with Crippen LogP contribution >= 0.6 is 23.2 Å². The van der Waals surface area contributed by atoms with Gasteiger partial charge in [-0.3, -0.25) is 9.59 Å². The molecule has 1 N–H and O–H groups in total. The Morgan fingerprint density at radius 1 is 1.11 bits per heavy atom. The number of hydrogen-bond donors (Lipinski definition) is 1. The van der Waals surface area contributed by atoms with Gasteiger partial charge in [0.1, 0.15) is 5.75 Å². The molecule has 2 aromatic rings. The molecule has 5 nitrogen and oxygen atoms in total. The molecule has 1 fully saturated rings. The van der Waals surface area contributed by atoms with Crippen LogP contribution in [0.5, 0.6) is 5.75 Å². The molecular weight excluding hydrogens is 399 g/mol. The van der Waals surface area contributed by atoms with Gasteiger partial charge < -0.3 is 15.0 Å². The molecule has 7 heteroatoms. The van der Waals surface area contributed by atoms with Gasteiger partial charge in [-0.2, -0.15) is 0 Å². The van der Waals surface area contributed by atoms with Crippen LogP contribution in [-0.2, 0) is 4.79 Å². The maximum atomic E-state index is 12.7. The van der Waals surface area contributed by atoms with E-state index >= 15 is 0 Å². The number of benzene rings is 2.